The van der Waals surface area contributed by atoms with Crippen LogP contribution in [0.15, 0.2) is 30.6 Å². The third kappa shape index (κ3) is 6.07. The van der Waals surface area contributed by atoms with Gasteiger partial charge in [0.1, 0.15) is 23.6 Å². The number of piperidine rings is 2. The molecule has 0 bridgehead atoms. The van der Waals surface area contributed by atoms with Crippen LogP contribution in [0.1, 0.15) is 66.1 Å². The molecule has 13 nitrogen and oxygen atoms in total. The summed E-state index contributed by atoms with van der Waals surface area (Å²) in [6.07, 6.45) is 8.04. The standard InChI is InChI=1S/C35H43N7O6/c1-21-30(38-42-18-25(16-28(48-3)32(21)42)34(44)40-12-4-5-26(19-40)37-35(45)46)27-15-24-8-11-36-31(33(24)41(27)17-22-6-7-22)23-9-13-39(14-10-23)29(43)20-47-2/h8,11,15-16,18,22-23,26,37H,4-7,9-10,12-14,17,19-20H2,1-3H3,(H,45,46)/t26-/m1/s1. The van der Waals surface area contributed by atoms with Crippen molar-refractivity contribution in [2.24, 2.45) is 5.92 Å². The van der Waals surface area contributed by atoms with Crippen molar-refractivity contribution >= 4 is 34.3 Å². The highest BCUT2D eigenvalue weighted by Crippen LogP contribution is 2.41. The normalized spacial score (nSPS) is 18.9. The summed E-state index contributed by atoms with van der Waals surface area (Å²) in [7, 11) is 3.15. The maximum atomic E-state index is 13.7. The second kappa shape index (κ2) is 13.1. The summed E-state index contributed by atoms with van der Waals surface area (Å²) < 4.78 is 15.1. The lowest BCUT2D eigenvalue weighted by Gasteiger charge is -2.32. The number of nitrogens with one attached hydrogen (secondary N) is 1. The molecule has 6 heterocycles. The first-order valence-electron chi connectivity index (χ1n) is 16.9. The minimum Gasteiger partial charge on any atom is -0.494 e. The molecule has 7 rings (SSSR count). The van der Waals surface area contributed by atoms with E-state index in [9.17, 15) is 19.5 Å². The highest BCUT2D eigenvalue weighted by Gasteiger charge is 2.32. The van der Waals surface area contributed by atoms with E-state index in [1.54, 1.807) is 35.9 Å². The van der Waals surface area contributed by atoms with Crippen LogP contribution in [0.2, 0.25) is 0 Å². The lowest BCUT2D eigenvalue weighted by Crippen LogP contribution is -2.49. The predicted molar refractivity (Wildman–Crippen MR) is 178 cm³/mol. The topological polar surface area (TPSA) is 144 Å². The lowest BCUT2D eigenvalue weighted by molar-refractivity contribution is -0.136. The van der Waals surface area contributed by atoms with Gasteiger partial charge in [0.15, 0.2) is 0 Å². The molecular formula is C35H43N7O6. The van der Waals surface area contributed by atoms with Crippen LogP contribution >= 0.6 is 0 Å². The van der Waals surface area contributed by atoms with E-state index in [0.717, 1.165) is 58.5 Å². The largest absolute Gasteiger partial charge is 0.494 e. The minimum atomic E-state index is -1.08. The summed E-state index contributed by atoms with van der Waals surface area (Å²) in [5.41, 5.74) is 6.22. The van der Waals surface area contributed by atoms with Crippen LogP contribution in [0.5, 0.6) is 5.75 Å². The molecule has 2 aliphatic heterocycles. The number of aromatic nitrogens is 4. The Hall–Kier alpha value is -4.65. The zero-order valence-electron chi connectivity index (χ0n) is 27.8. The van der Waals surface area contributed by atoms with Crippen molar-refractivity contribution in [1.29, 1.82) is 0 Å². The van der Waals surface area contributed by atoms with E-state index >= 15 is 0 Å². The van der Waals surface area contributed by atoms with E-state index < -0.39 is 6.09 Å². The Kier molecular flexibility index (Phi) is 8.71. The Morgan fingerprint density at radius 3 is 2.52 bits per heavy atom. The van der Waals surface area contributed by atoms with E-state index in [1.807, 2.05) is 18.0 Å². The molecule has 0 radical (unpaired) electrons. The second-order valence-electron chi connectivity index (χ2n) is 13.4. The van der Waals surface area contributed by atoms with Gasteiger partial charge in [-0.05, 0) is 69.6 Å². The molecule has 4 aromatic heterocycles. The number of carbonyl (C=O) groups is 3. The highest BCUT2D eigenvalue weighted by atomic mass is 16.5. The van der Waals surface area contributed by atoms with Gasteiger partial charge in [-0.1, -0.05) is 0 Å². The van der Waals surface area contributed by atoms with Gasteiger partial charge >= 0.3 is 6.09 Å². The molecule has 3 aliphatic rings. The number of pyridine rings is 2. The Morgan fingerprint density at radius 2 is 1.81 bits per heavy atom. The molecule has 1 saturated carbocycles. The van der Waals surface area contributed by atoms with Crippen LogP contribution in [0.3, 0.4) is 0 Å². The number of likely N-dealkylation sites (tertiary alicyclic amines) is 2. The molecule has 1 aliphatic carbocycles. The number of hydrogen-bond acceptors (Lipinski definition) is 7. The first-order chi connectivity index (χ1) is 23.2. The molecule has 48 heavy (non-hydrogen) atoms. The van der Waals surface area contributed by atoms with Crippen LogP contribution in [-0.4, -0.2) is 105 Å². The number of rotatable bonds is 9. The Labute approximate surface area is 278 Å². The SMILES string of the molecule is COCC(=O)N1CCC(c2nccc3cc(-c4nn5cc(C(=O)N6CCC[C@@H](NC(=O)O)C6)cc(OC)c5c4C)n(CC4CC4)c23)CC1. The molecule has 0 unspecified atom stereocenters. The second-order valence-corrected chi connectivity index (χ2v) is 13.4. The fourth-order valence-electron chi connectivity index (χ4n) is 7.54. The van der Waals surface area contributed by atoms with Crippen LogP contribution in [0, 0.1) is 12.8 Å². The highest BCUT2D eigenvalue weighted by molar-refractivity contribution is 5.96. The number of nitrogens with zero attached hydrogens (tertiary/aromatic N) is 6. The van der Waals surface area contributed by atoms with Gasteiger partial charge in [-0.15, -0.1) is 0 Å². The molecule has 1 atom stereocenters. The summed E-state index contributed by atoms with van der Waals surface area (Å²) in [4.78, 5) is 45.9. The fraction of sp³-hybridized carbons (Fsp3) is 0.514. The van der Waals surface area contributed by atoms with Crippen molar-refractivity contribution < 1.29 is 29.0 Å². The molecule has 2 saturated heterocycles. The van der Waals surface area contributed by atoms with E-state index in [2.05, 4.69) is 22.0 Å². The van der Waals surface area contributed by atoms with Crippen molar-refractivity contribution in [2.45, 2.75) is 64.0 Å². The Morgan fingerprint density at radius 1 is 1.02 bits per heavy atom. The zero-order chi connectivity index (χ0) is 33.5. The summed E-state index contributed by atoms with van der Waals surface area (Å²) in [5, 5.41) is 17.9. The summed E-state index contributed by atoms with van der Waals surface area (Å²) >= 11 is 0. The molecule has 2 N–H and O–H groups in total. The summed E-state index contributed by atoms with van der Waals surface area (Å²) in [6.45, 7) is 5.25. The van der Waals surface area contributed by atoms with Crippen molar-refractivity contribution in [2.75, 3.05) is 47.0 Å². The maximum Gasteiger partial charge on any atom is 0.404 e. The first kappa shape index (κ1) is 31.9. The van der Waals surface area contributed by atoms with Gasteiger partial charge in [-0.25, -0.2) is 9.31 Å². The minimum absolute atomic E-state index is 0.0273. The summed E-state index contributed by atoms with van der Waals surface area (Å²) in [6, 6.07) is 5.73. The van der Waals surface area contributed by atoms with Gasteiger partial charge < -0.3 is 34.3 Å². The third-order valence-electron chi connectivity index (χ3n) is 10.2. The number of methoxy groups -OCH3 is 2. The van der Waals surface area contributed by atoms with Gasteiger partial charge in [-0.3, -0.25) is 14.6 Å². The third-order valence-corrected chi connectivity index (χ3v) is 10.2. The maximum absolute atomic E-state index is 13.7. The monoisotopic (exact) mass is 657 g/mol. The zero-order valence-corrected chi connectivity index (χ0v) is 27.8. The van der Waals surface area contributed by atoms with E-state index in [1.165, 1.54) is 12.8 Å². The van der Waals surface area contributed by atoms with E-state index in [4.69, 9.17) is 19.6 Å². The predicted octanol–water partition coefficient (Wildman–Crippen LogP) is 4.30. The number of amides is 3. The molecule has 254 valence electrons. The Bertz CT molecular complexity index is 1870. The number of carbonyl (C=O) groups excluding carboxylic acids is 2. The van der Waals surface area contributed by atoms with E-state index in [0.29, 0.717) is 56.3 Å². The molecule has 13 heteroatoms. The quantitative estimate of drug-likeness (QED) is 0.271. The number of ether oxygens (including phenoxy) is 2. The summed E-state index contributed by atoms with van der Waals surface area (Å²) in [5.74, 6) is 1.23. The van der Waals surface area contributed by atoms with Crippen LogP contribution in [0.25, 0.3) is 27.8 Å². The fourth-order valence-corrected chi connectivity index (χ4v) is 7.54. The smallest absolute Gasteiger partial charge is 0.404 e. The molecule has 3 amide bonds. The molecule has 0 aromatic carbocycles. The van der Waals surface area contributed by atoms with Gasteiger partial charge in [0.25, 0.3) is 5.91 Å². The number of fused-ring (bicyclic) bond motifs is 2. The average Bonchev–Trinajstić information content (AvgIpc) is 3.75. The molecular weight excluding hydrogens is 614 g/mol. The van der Waals surface area contributed by atoms with Gasteiger partial charge in [0.2, 0.25) is 5.91 Å². The number of carboxylic acid groups (broad SMARTS) is 1. The van der Waals surface area contributed by atoms with Gasteiger partial charge in [0, 0.05) is 75.1 Å². The van der Waals surface area contributed by atoms with Gasteiger partial charge in [0.05, 0.1) is 29.6 Å². The molecule has 4 aromatic rings. The van der Waals surface area contributed by atoms with Crippen LogP contribution < -0.4 is 10.1 Å². The van der Waals surface area contributed by atoms with Crippen molar-refractivity contribution in [3.63, 3.8) is 0 Å². The first-order valence-corrected chi connectivity index (χ1v) is 16.9. The van der Waals surface area contributed by atoms with Crippen LogP contribution in [0.4, 0.5) is 4.79 Å². The average molecular weight is 658 g/mol. The molecule has 3 fully saturated rings. The number of aryl methyl sites for hydroxylation is 1. The van der Waals surface area contributed by atoms with Crippen LogP contribution in [-0.2, 0) is 16.1 Å². The molecule has 0 spiro atoms. The van der Waals surface area contributed by atoms with Crippen molar-refractivity contribution in [1.82, 2.24) is 34.3 Å². The Balaban J connectivity index is 1.25. The van der Waals surface area contributed by atoms with E-state index in [-0.39, 0.29) is 30.4 Å². The number of hydrogen-bond donors (Lipinski definition) is 2. The van der Waals surface area contributed by atoms with Crippen molar-refractivity contribution in [3.05, 3.63) is 47.4 Å². The lowest BCUT2D eigenvalue weighted by atomic mass is 9.92. The van der Waals surface area contributed by atoms with Gasteiger partial charge in [-0.2, -0.15) is 5.10 Å². The van der Waals surface area contributed by atoms with Crippen molar-refractivity contribution in [3.8, 4) is 17.1 Å².